The molecular formula is C12H23N3O4. The Labute approximate surface area is 113 Å². The second kappa shape index (κ2) is 8.71. The van der Waals surface area contributed by atoms with E-state index in [1.54, 1.807) is 0 Å². The number of carboxylic acids is 1. The predicted molar refractivity (Wildman–Crippen MR) is 70.1 cm³/mol. The summed E-state index contributed by atoms with van der Waals surface area (Å²) in [6, 6.07) is 0.312. The number of aliphatic carboxylic acids is 1. The lowest BCUT2D eigenvalue weighted by atomic mass is 10.4. The maximum absolute atomic E-state index is 11.8. The van der Waals surface area contributed by atoms with Gasteiger partial charge >= 0.3 is 12.0 Å². The van der Waals surface area contributed by atoms with Crippen molar-refractivity contribution in [3.05, 3.63) is 0 Å². The number of hydrogen-bond acceptors (Lipinski definition) is 4. The van der Waals surface area contributed by atoms with Crippen LogP contribution in [0.4, 0.5) is 4.79 Å². The van der Waals surface area contributed by atoms with Crippen LogP contribution >= 0.6 is 0 Å². The third kappa shape index (κ3) is 7.63. The Kier molecular flexibility index (Phi) is 7.20. The van der Waals surface area contributed by atoms with Crippen LogP contribution in [0.5, 0.6) is 0 Å². The number of carbonyl (C=O) groups excluding carboxylic acids is 1. The quantitative estimate of drug-likeness (QED) is 0.482. The molecule has 0 aromatic rings. The molecule has 0 bridgehead atoms. The van der Waals surface area contributed by atoms with Gasteiger partial charge in [0.2, 0.25) is 0 Å². The van der Waals surface area contributed by atoms with Gasteiger partial charge in [-0.1, -0.05) is 0 Å². The molecule has 1 aliphatic rings. The van der Waals surface area contributed by atoms with Crippen molar-refractivity contribution < 1.29 is 19.4 Å². The van der Waals surface area contributed by atoms with Gasteiger partial charge in [0.15, 0.2) is 0 Å². The summed E-state index contributed by atoms with van der Waals surface area (Å²) in [5.74, 6) is -1.03. The first-order valence-electron chi connectivity index (χ1n) is 6.60. The number of rotatable bonds is 10. The Hall–Kier alpha value is -1.34. The number of nitrogens with zero attached hydrogens (tertiary/aromatic N) is 1. The van der Waals surface area contributed by atoms with Crippen molar-refractivity contribution in [2.75, 3.05) is 39.9 Å². The number of nitrogens with one attached hydrogen (secondary N) is 2. The van der Waals surface area contributed by atoms with E-state index in [0.717, 1.165) is 13.0 Å². The van der Waals surface area contributed by atoms with Crippen molar-refractivity contribution in [2.24, 2.45) is 0 Å². The van der Waals surface area contributed by atoms with E-state index in [-0.39, 0.29) is 19.1 Å². The van der Waals surface area contributed by atoms with E-state index in [1.807, 2.05) is 0 Å². The lowest BCUT2D eigenvalue weighted by Crippen LogP contribution is -2.44. The lowest BCUT2D eigenvalue weighted by molar-refractivity contribution is -0.137. The molecule has 0 aromatic heterocycles. The van der Waals surface area contributed by atoms with Gasteiger partial charge in [0.05, 0.1) is 6.61 Å². The highest BCUT2D eigenvalue weighted by Gasteiger charge is 2.19. The van der Waals surface area contributed by atoms with Crippen molar-refractivity contribution in [1.29, 1.82) is 0 Å². The molecule has 1 fully saturated rings. The molecule has 0 atom stereocenters. The second-order valence-electron chi connectivity index (χ2n) is 4.62. The number of ether oxygens (including phenoxy) is 1. The topological polar surface area (TPSA) is 90.9 Å². The van der Waals surface area contributed by atoms with Gasteiger partial charge in [0, 0.05) is 26.2 Å². The highest BCUT2D eigenvalue weighted by Crippen LogP contribution is 2.18. The fourth-order valence-corrected chi connectivity index (χ4v) is 1.61. The van der Waals surface area contributed by atoms with E-state index in [9.17, 15) is 9.59 Å². The molecule has 0 aliphatic heterocycles. The maximum Gasteiger partial charge on any atom is 0.323 e. The SMILES string of the molecule is COCCN(CC(=O)O)C(=O)NCCCNC1CC1. The first kappa shape index (κ1) is 15.7. The Balaban J connectivity index is 2.14. The fourth-order valence-electron chi connectivity index (χ4n) is 1.61. The monoisotopic (exact) mass is 273 g/mol. The van der Waals surface area contributed by atoms with Gasteiger partial charge in [-0.15, -0.1) is 0 Å². The molecule has 0 unspecified atom stereocenters. The number of amides is 2. The van der Waals surface area contributed by atoms with E-state index >= 15 is 0 Å². The fraction of sp³-hybridized carbons (Fsp3) is 0.833. The number of methoxy groups -OCH3 is 1. The van der Waals surface area contributed by atoms with Gasteiger partial charge in [0.1, 0.15) is 6.54 Å². The molecule has 2 amide bonds. The first-order valence-corrected chi connectivity index (χ1v) is 6.60. The highest BCUT2D eigenvalue weighted by atomic mass is 16.5. The minimum atomic E-state index is -1.03. The Morgan fingerprint density at radius 3 is 2.68 bits per heavy atom. The van der Waals surface area contributed by atoms with Gasteiger partial charge in [-0.2, -0.15) is 0 Å². The summed E-state index contributed by atoms with van der Waals surface area (Å²) in [7, 11) is 1.51. The predicted octanol–water partition coefficient (Wildman–Crippen LogP) is -0.129. The van der Waals surface area contributed by atoms with Gasteiger partial charge in [-0.05, 0) is 25.8 Å². The molecule has 19 heavy (non-hydrogen) atoms. The molecule has 0 heterocycles. The van der Waals surface area contributed by atoms with Crippen LogP contribution in [0.2, 0.25) is 0 Å². The summed E-state index contributed by atoms with van der Waals surface area (Å²) in [5.41, 5.74) is 0. The molecule has 0 saturated heterocycles. The molecule has 1 aliphatic carbocycles. The van der Waals surface area contributed by atoms with Crippen LogP contribution in [0.15, 0.2) is 0 Å². The summed E-state index contributed by atoms with van der Waals surface area (Å²) in [6.07, 6.45) is 3.33. The summed E-state index contributed by atoms with van der Waals surface area (Å²) < 4.78 is 4.86. The van der Waals surface area contributed by atoms with Crippen molar-refractivity contribution in [2.45, 2.75) is 25.3 Å². The number of carboxylic acid groups (broad SMARTS) is 1. The minimum Gasteiger partial charge on any atom is -0.480 e. The lowest BCUT2D eigenvalue weighted by Gasteiger charge is -2.20. The molecule has 0 radical (unpaired) electrons. The largest absolute Gasteiger partial charge is 0.480 e. The zero-order valence-electron chi connectivity index (χ0n) is 11.4. The standard InChI is InChI=1S/C12H23N3O4/c1-19-8-7-15(9-11(16)17)12(18)14-6-2-5-13-10-3-4-10/h10,13H,2-9H2,1H3,(H,14,18)(H,16,17). The van der Waals surface area contributed by atoms with Crippen LogP contribution in [0, 0.1) is 0 Å². The minimum absolute atomic E-state index is 0.273. The van der Waals surface area contributed by atoms with E-state index in [2.05, 4.69) is 10.6 Å². The van der Waals surface area contributed by atoms with Crippen molar-refractivity contribution in [3.63, 3.8) is 0 Å². The number of carbonyl (C=O) groups is 2. The van der Waals surface area contributed by atoms with Gasteiger partial charge in [-0.3, -0.25) is 4.79 Å². The third-order valence-electron chi connectivity index (χ3n) is 2.82. The van der Waals surface area contributed by atoms with Crippen LogP contribution in [0.25, 0.3) is 0 Å². The van der Waals surface area contributed by atoms with Crippen LogP contribution < -0.4 is 10.6 Å². The molecule has 1 saturated carbocycles. The average Bonchev–Trinajstić information content (AvgIpc) is 3.17. The summed E-state index contributed by atoms with van der Waals surface area (Å²) in [6.45, 7) is 1.71. The Morgan fingerprint density at radius 2 is 2.11 bits per heavy atom. The average molecular weight is 273 g/mol. The molecule has 7 heteroatoms. The van der Waals surface area contributed by atoms with Crippen molar-refractivity contribution in [3.8, 4) is 0 Å². The zero-order chi connectivity index (χ0) is 14.1. The van der Waals surface area contributed by atoms with Crippen LogP contribution in [-0.2, 0) is 9.53 Å². The van der Waals surface area contributed by atoms with E-state index in [0.29, 0.717) is 19.2 Å². The summed E-state index contributed by atoms with van der Waals surface area (Å²) >= 11 is 0. The molecule has 3 N–H and O–H groups in total. The molecule has 0 spiro atoms. The zero-order valence-corrected chi connectivity index (χ0v) is 11.4. The van der Waals surface area contributed by atoms with Gasteiger partial charge in [-0.25, -0.2) is 4.79 Å². The van der Waals surface area contributed by atoms with E-state index in [4.69, 9.17) is 9.84 Å². The molecule has 7 nitrogen and oxygen atoms in total. The number of hydrogen-bond donors (Lipinski definition) is 3. The third-order valence-corrected chi connectivity index (χ3v) is 2.82. The smallest absolute Gasteiger partial charge is 0.323 e. The number of urea groups is 1. The van der Waals surface area contributed by atoms with Crippen LogP contribution in [0.1, 0.15) is 19.3 Å². The highest BCUT2D eigenvalue weighted by molar-refractivity contribution is 5.80. The second-order valence-corrected chi connectivity index (χ2v) is 4.62. The van der Waals surface area contributed by atoms with E-state index < -0.39 is 5.97 Å². The first-order chi connectivity index (χ1) is 9.13. The van der Waals surface area contributed by atoms with Crippen molar-refractivity contribution in [1.82, 2.24) is 15.5 Å². The van der Waals surface area contributed by atoms with Crippen LogP contribution in [-0.4, -0.2) is 67.9 Å². The molecular weight excluding hydrogens is 250 g/mol. The normalized spacial score (nSPS) is 14.2. The molecule has 0 aromatic carbocycles. The Morgan fingerprint density at radius 1 is 1.37 bits per heavy atom. The summed E-state index contributed by atoms with van der Waals surface area (Å²) in [4.78, 5) is 23.7. The van der Waals surface area contributed by atoms with Crippen LogP contribution in [0.3, 0.4) is 0 Å². The van der Waals surface area contributed by atoms with Gasteiger partial charge in [0.25, 0.3) is 0 Å². The maximum atomic E-state index is 11.8. The molecule has 110 valence electrons. The summed E-state index contributed by atoms with van der Waals surface area (Å²) in [5, 5.41) is 14.8. The Bertz CT molecular complexity index is 295. The van der Waals surface area contributed by atoms with Crippen molar-refractivity contribution >= 4 is 12.0 Å². The van der Waals surface area contributed by atoms with E-state index in [1.165, 1.54) is 24.9 Å². The van der Waals surface area contributed by atoms with Gasteiger partial charge < -0.3 is 25.4 Å². The molecule has 1 rings (SSSR count).